The van der Waals surface area contributed by atoms with Gasteiger partial charge in [-0.15, -0.1) is 10.2 Å². The van der Waals surface area contributed by atoms with E-state index in [-0.39, 0.29) is 12.5 Å². The van der Waals surface area contributed by atoms with Crippen LogP contribution < -0.4 is 11.1 Å². The lowest BCUT2D eigenvalue weighted by Crippen LogP contribution is -2.31. The summed E-state index contributed by atoms with van der Waals surface area (Å²) in [4.78, 5) is 12.5. The van der Waals surface area contributed by atoms with Crippen molar-refractivity contribution in [3.63, 3.8) is 0 Å². The smallest absolute Gasteiger partial charge is 0.233 e. The molecule has 0 atom stereocenters. The van der Waals surface area contributed by atoms with Gasteiger partial charge in [-0.3, -0.25) is 4.79 Å². The van der Waals surface area contributed by atoms with Crippen molar-refractivity contribution in [1.82, 2.24) is 25.5 Å². The van der Waals surface area contributed by atoms with Gasteiger partial charge in [-0.05, 0) is 11.6 Å². The van der Waals surface area contributed by atoms with Gasteiger partial charge in [0.25, 0.3) is 0 Å². The summed E-state index contributed by atoms with van der Waals surface area (Å²) < 4.78 is 0. The zero-order valence-electron chi connectivity index (χ0n) is 10.5. The number of aryl methyl sites for hydroxylation is 1. The number of aromatic nitrogens is 4. The fraction of sp³-hybridized carbons (Fsp3) is 0.333. The first-order valence-corrected chi connectivity index (χ1v) is 6.09. The summed E-state index contributed by atoms with van der Waals surface area (Å²) >= 11 is 0. The van der Waals surface area contributed by atoms with Gasteiger partial charge in [0.2, 0.25) is 11.7 Å². The Morgan fingerprint density at radius 1 is 1.32 bits per heavy atom. The number of carbonyl (C=O) groups excluding carboxylic acids is 1. The lowest BCUT2D eigenvalue weighted by molar-refractivity contribution is -0.119. The molecule has 0 spiro atoms. The highest BCUT2D eigenvalue weighted by Crippen LogP contribution is 2.11. The molecule has 2 aromatic rings. The molecular formula is C12H16N6O. The molecule has 0 bridgehead atoms. The van der Waals surface area contributed by atoms with Crippen LogP contribution >= 0.6 is 0 Å². The van der Waals surface area contributed by atoms with Crippen LogP contribution in [0.4, 0.5) is 0 Å². The molecule has 0 saturated heterocycles. The average molecular weight is 260 g/mol. The molecule has 1 heterocycles. The number of hydrogen-bond acceptors (Lipinski definition) is 5. The van der Waals surface area contributed by atoms with Crippen molar-refractivity contribution in [2.24, 2.45) is 5.73 Å². The molecule has 0 aliphatic carbocycles. The molecule has 1 amide bonds. The van der Waals surface area contributed by atoms with Crippen LogP contribution in [0.5, 0.6) is 0 Å². The lowest BCUT2D eigenvalue weighted by Gasteiger charge is -2.01. The minimum atomic E-state index is -0.156. The summed E-state index contributed by atoms with van der Waals surface area (Å²) in [5, 5.41) is 14.9. The Labute approximate surface area is 110 Å². The van der Waals surface area contributed by atoms with Crippen LogP contribution in [0, 0.1) is 0 Å². The summed E-state index contributed by atoms with van der Waals surface area (Å²) in [5.74, 6) is 0.447. The lowest BCUT2D eigenvalue weighted by atomic mass is 10.2. The van der Waals surface area contributed by atoms with Crippen molar-refractivity contribution >= 4 is 5.91 Å². The quantitative estimate of drug-likeness (QED) is 0.701. The Balaban J connectivity index is 1.83. The van der Waals surface area contributed by atoms with E-state index in [1.807, 2.05) is 30.3 Å². The molecule has 0 unspecified atom stereocenters. The van der Waals surface area contributed by atoms with Crippen LogP contribution in [0.1, 0.15) is 6.42 Å². The highest BCUT2D eigenvalue weighted by atomic mass is 16.1. The number of nitrogens with zero attached hydrogens (tertiary/aromatic N) is 4. The Morgan fingerprint density at radius 2 is 2.11 bits per heavy atom. The largest absolute Gasteiger partial charge is 0.355 e. The van der Waals surface area contributed by atoms with E-state index in [4.69, 9.17) is 5.73 Å². The maximum Gasteiger partial charge on any atom is 0.233 e. The second-order valence-electron chi connectivity index (χ2n) is 3.98. The minimum Gasteiger partial charge on any atom is -0.355 e. The maximum absolute atomic E-state index is 10.9. The van der Waals surface area contributed by atoms with Crippen LogP contribution in [0.25, 0.3) is 11.4 Å². The van der Waals surface area contributed by atoms with Gasteiger partial charge in [0.15, 0.2) is 0 Å². The number of benzene rings is 1. The van der Waals surface area contributed by atoms with E-state index in [1.165, 1.54) is 4.80 Å². The zero-order chi connectivity index (χ0) is 13.5. The molecule has 0 saturated carbocycles. The van der Waals surface area contributed by atoms with Crippen LogP contribution in [-0.4, -0.2) is 39.2 Å². The first-order valence-electron chi connectivity index (χ1n) is 6.09. The van der Waals surface area contributed by atoms with E-state index in [0.717, 1.165) is 12.0 Å². The SMILES string of the molecule is NCC(=O)NCCCn1nnc(-c2ccccc2)n1. The second-order valence-corrected chi connectivity index (χ2v) is 3.98. The summed E-state index contributed by atoms with van der Waals surface area (Å²) in [6, 6.07) is 9.66. The fourth-order valence-electron chi connectivity index (χ4n) is 1.56. The molecule has 1 aromatic heterocycles. The van der Waals surface area contributed by atoms with Crippen LogP contribution in [0.2, 0.25) is 0 Å². The van der Waals surface area contributed by atoms with Gasteiger partial charge in [0.05, 0.1) is 13.1 Å². The standard InChI is InChI=1S/C12H16N6O/c13-9-11(19)14-7-4-8-18-16-12(15-17-18)10-5-2-1-3-6-10/h1-3,5-6H,4,7-9,13H2,(H,14,19). The number of amides is 1. The summed E-state index contributed by atoms with van der Waals surface area (Å²) in [7, 11) is 0. The zero-order valence-corrected chi connectivity index (χ0v) is 10.5. The summed E-state index contributed by atoms with van der Waals surface area (Å²) in [6.07, 6.45) is 0.732. The van der Waals surface area contributed by atoms with E-state index < -0.39 is 0 Å². The van der Waals surface area contributed by atoms with Crippen LogP contribution in [-0.2, 0) is 11.3 Å². The number of hydrogen-bond donors (Lipinski definition) is 2. The molecule has 100 valence electrons. The summed E-state index contributed by atoms with van der Waals surface area (Å²) in [5.41, 5.74) is 6.12. The molecule has 0 aliphatic rings. The number of nitrogens with two attached hydrogens (primary N) is 1. The van der Waals surface area contributed by atoms with Gasteiger partial charge < -0.3 is 11.1 Å². The normalized spacial score (nSPS) is 10.4. The average Bonchev–Trinajstić information content (AvgIpc) is 2.93. The van der Waals surface area contributed by atoms with Crippen molar-refractivity contribution in [3.8, 4) is 11.4 Å². The van der Waals surface area contributed by atoms with E-state index >= 15 is 0 Å². The van der Waals surface area contributed by atoms with Gasteiger partial charge in [-0.1, -0.05) is 30.3 Å². The predicted molar refractivity (Wildman–Crippen MR) is 69.9 cm³/mol. The Hall–Kier alpha value is -2.28. The van der Waals surface area contributed by atoms with Crippen molar-refractivity contribution in [3.05, 3.63) is 30.3 Å². The molecule has 1 aromatic carbocycles. The van der Waals surface area contributed by atoms with Crippen molar-refractivity contribution in [2.75, 3.05) is 13.1 Å². The highest BCUT2D eigenvalue weighted by Gasteiger charge is 2.04. The molecule has 19 heavy (non-hydrogen) atoms. The highest BCUT2D eigenvalue weighted by molar-refractivity contribution is 5.77. The first kappa shape index (κ1) is 13.2. The minimum absolute atomic E-state index is 0.0136. The Bertz CT molecular complexity index is 524. The van der Waals surface area contributed by atoms with Crippen LogP contribution in [0.3, 0.4) is 0 Å². The Morgan fingerprint density at radius 3 is 2.84 bits per heavy atom. The van der Waals surface area contributed by atoms with Crippen molar-refractivity contribution < 1.29 is 4.79 Å². The third-order valence-electron chi connectivity index (χ3n) is 2.53. The molecule has 7 nitrogen and oxygen atoms in total. The first-order chi connectivity index (χ1) is 9.29. The van der Waals surface area contributed by atoms with Gasteiger partial charge in [-0.2, -0.15) is 4.80 Å². The van der Waals surface area contributed by atoms with E-state index in [2.05, 4.69) is 20.7 Å². The van der Waals surface area contributed by atoms with Crippen molar-refractivity contribution in [1.29, 1.82) is 0 Å². The number of nitrogens with one attached hydrogen (secondary N) is 1. The molecule has 7 heteroatoms. The van der Waals surface area contributed by atoms with Gasteiger partial charge >= 0.3 is 0 Å². The number of rotatable bonds is 6. The fourth-order valence-corrected chi connectivity index (χ4v) is 1.56. The van der Waals surface area contributed by atoms with E-state index in [9.17, 15) is 4.79 Å². The maximum atomic E-state index is 10.9. The van der Waals surface area contributed by atoms with E-state index in [0.29, 0.717) is 18.9 Å². The van der Waals surface area contributed by atoms with Crippen LogP contribution in [0.15, 0.2) is 30.3 Å². The third-order valence-corrected chi connectivity index (χ3v) is 2.53. The van der Waals surface area contributed by atoms with Gasteiger partial charge in [0, 0.05) is 12.1 Å². The molecule has 3 N–H and O–H groups in total. The second kappa shape index (κ2) is 6.60. The van der Waals surface area contributed by atoms with Crippen molar-refractivity contribution in [2.45, 2.75) is 13.0 Å². The summed E-state index contributed by atoms with van der Waals surface area (Å²) in [6.45, 7) is 1.17. The monoisotopic (exact) mass is 260 g/mol. The predicted octanol–water partition coefficient (Wildman–Crippen LogP) is -0.195. The molecule has 2 rings (SSSR count). The van der Waals surface area contributed by atoms with E-state index in [1.54, 1.807) is 0 Å². The Kier molecular flexibility index (Phi) is 4.57. The molecule has 0 fully saturated rings. The molecular weight excluding hydrogens is 244 g/mol. The number of carbonyl (C=O) groups is 1. The molecule has 0 aliphatic heterocycles. The van der Waals surface area contributed by atoms with Gasteiger partial charge in [0.1, 0.15) is 0 Å². The number of tetrazole rings is 1. The topological polar surface area (TPSA) is 98.7 Å². The third kappa shape index (κ3) is 3.85. The van der Waals surface area contributed by atoms with Gasteiger partial charge in [-0.25, -0.2) is 0 Å². The molecule has 0 radical (unpaired) electrons.